The number of rotatable bonds is 4. The van der Waals surface area contributed by atoms with Crippen molar-refractivity contribution in [2.75, 3.05) is 19.6 Å². The quantitative estimate of drug-likeness (QED) is 0.920. The third-order valence-electron chi connectivity index (χ3n) is 4.31. The minimum absolute atomic E-state index is 0.714. The third kappa shape index (κ3) is 2.88. The fraction of sp³-hybridized carbons (Fsp3) is 0.786. The zero-order valence-corrected chi connectivity index (χ0v) is 13.4. The maximum absolute atomic E-state index is 4.59. The van der Waals surface area contributed by atoms with Crippen molar-refractivity contribution in [2.45, 2.75) is 45.8 Å². The summed E-state index contributed by atoms with van der Waals surface area (Å²) in [6.07, 6.45) is 2.84. The Morgan fingerprint density at radius 2 is 2.21 bits per heavy atom. The number of hydrogen-bond acceptors (Lipinski definition) is 3. The number of nitrogens with zero attached hydrogens (tertiary/aromatic N) is 3. The van der Waals surface area contributed by atoms with Gasteiger partial charge in [-0.25, -0.2) is 0 Å². The summed E-state index contributed by atoms with van der Waals surface area (Å²) in [6, 6.07) is 0.714. The first-order valence-electron chi connectivity index (χ1n) is 7.36. The van der Waals surface area contributed by atoms with Crippen LogP contribution in [0.4, 0.5) is 0 Å². The number of nitrogens with one attached hydrogen (secondary N) is 1. The highest BCUT2D eigenvalue weighted by Crippen LogP contribution is 2.34. The first kappa shape index (κ1) is 13.6. The third-order valence-corrected chi connectivity index (χ3v) is 5.34. The van der Waals surface area contributed by atoms with E-state index in [0.29, 0.717) is 6.04 Å². The molecular weight excluding hydrogens is 304 g/mol. The summed E-state index contributed by atoms with van der Waals surface area (Å²) in [5, 5.41) is 8.26. The standard InChI is InChI=1S/C14H23BrN4/c1-3-19-13(14(15)10(2)17-19)9-18-7-6-16-12(8-18)11-4-5-11/h11-12,16H,3-9H2,1-2H3. The second-order valence-corrected chi connectivity index (χ2v) is 6.59. The second kappa shape index (κ2) is 5.54. The molecule has 2 aliphatic rings. The molecule has 2 heterocycles. The molecule has 0 spiro atoms. The number of aromatic nitrogens is 2. The maximum atomic E-state index is 4.59. The lowest BCUT2D eigenvalue weighted by Gasteiger charge is -2.34. The maximum Gasteiger partial charge on any atom is 0.0739 e. The topological polar surface area (TPSA) is 33.1 Å². The molecule has 4 nitrogen and oxygen atoms in total. The van der Waals surface area contributed by atoms with Crippen LogP contribution in [0.25, 0.3) is 0 Å². The summed E-state index contributed by atoms with van der Waals surface area (Å²) in [4.78, 5) is 2.58. The summed E-state index contributed by atoms with van der Waals surface area (Å²) in [7, 11) is 0. The van der Waals surface area contributed by atoms with Crippen molar-refractivity contribution in [3.63, 3.8) is 0 Å². The highest BCUT2D eigenvalue weighted by molar-refractivity contribution is 9.10. The van der Waals surface area contributed by atoms with Crippen molar-refractivity contribution in [3.05, 3.63) is 15.9 Å². The van der Waals surface area contributed by atoms with E-state index >= 15 is 0 Å². The fourth-order valence-corrected chi connectivity index (χ4v) is 3.44. The van der Waals surface area contributed by atoms with Gasteiger partial charge in [0.1, 0.15) is 0 Å². The van der Waals surface area contributed by atoms with Gasteiger partial charge in [0.25, 0.3) is 0 Å². The number of hydrogen-bond donors (Lipinski definition) is 1. The monoisotopic (exact) mass is 326 g/mol. The molecule has 0 bridgehead atoms. The number of halogens is 1. The van der Waals surface area contributed by atoms with Gasteiger partial charge in [0.15, 0.2) is 0 Å². The Labute approximate surface area is 123 Å². The molecule has 1 unspecified atom stereocenters. The van der Waals surface area contributed by atoms with Crippen molar-refractivity contribution in [2.24, 2.45) is 5.92 Å². The summed E-state index contributed by atoms with van der Waals surface area (Å²) < 4.78 is 3.32. The van der Waals surface area contributed by atoms with E-state index in [9.17, 15) is 0 Å². The van der Waals surface area contributed by atoms with Crippen LogP contribution < -0.4 is 5.32 Å². The lowest BCUT2D eigenvalue weighted by molar-refractivity contribution is 0.177. The van der Waals surface area contributed by atoms with E-state index in [2.05, 4.69) is 49.8 Å². The molecule has 1 aliphatic heterocycles. The van der Waals surface area contributed by atoms with E-state index in [1.165, 1.54) is 29.6 Å². The molecular formula is C14H23BrN4. The normalized spacial score (nSPS) is 24.9. The molecule has 1 aromatic heterocycles. The van der Waals surface area contributed by atoms with Crippen molar-refractivity contribution in [1.82, 2.24) is 20.0 Å². The minimum Gasteiger partial charge on any atom is -0.311 e. The van der Waals surface area contributed by atoms with Crippen LogP contribution in [0.1, 0.15) is 31.2 Å². The Morgan fingerprint density at radius 3 is 2.89 bits per heavy atom. The Bertz CT molecular complexity index is 453. The average Bonchev–Trinajstić information content (AvgIpc) is 3.23. The van der Waals surface area contributed by atoms with Crippen LogP contribution in [-0.2, 0) is 13.1 Å². The number of aryl methyl sites for hydroxylation is 2. The zero-order chi connectivity index (χ0) is 13.4. The Kier molecular flexibility index (Phi) is 3.96. The van der Waals surface area contributed by atoms with E-state index in [0.717, 1.165) is 37.8 Å². The molecule has 1 saturated heterocycles. The van der Waals surface area contributed by atoms with Gasteiger partial charge in [-0.2, -0.15) is 5.10 Å². The van der Waals surface area contributed by atoms with Crippen LogP contribution in [0.3, 0.4) is 0 Å². The molecule has 1 saturated carbocycles. The van der Waals surface area contributed by atoms with Gasteiger partial charge in [0.2, 0.25) is 0 Å². The minimum atomic E-state index is 0.714. The summed E-state index contributed by atoms with van der Waals surface area (Å²) in [5.41, 5.74) is 2.43. The van der Waals surface area contributed by atoms with Gasteiger partial charge in [-0.05, 0) is 48.5 Å². The summed E-state index contributed by atoms with van der Waals surface area (Å²) in [5.74, 6) is 0.934. The molecule has 2 fully saturated rings. The van der Waals surface area contributed by atoms with Crippen LogP contribution >= 0.6 is 15.9 Å². The van der Waals surface area contributed by atoms with Crippen LogP contribution in [0.15, 0.2) is 4.47 Å². The van der Waals surface area contributed by atoms with Crippen molar-refractivity contribution in [3.8, 4) is 0 Å². The molecule has 1 aliphatic carbocycles. The van der Waals surface area contributed by atoms with E-state index in [4.69, 9.17) is 0 Å². The first-order chi connectivity index (χ1) is 9.19. The second-order valence-electron chi connectivity index (χ2n) is 5.80. The largest absolute Gasteiger partial charge is 0.311 e. The SMILES string of the molecule is CCn1nc(C)c(Br)c1CN1CCNC(C2CC2)C1. The molecule has 1 aromatic rings. The Hall–Kier alpha value is -0.390. The molecule has 0 aromatic carbocycles. The van der Waals surface area contributed by atoms with Gasteiger partial charge in [0.05, 0.1) is 15.9 Å². The number of piperazine rings is 1. The van der Waals surface area contributed by atoms with Crippen LogP contribution in [-0.4, -0.2) is 40.4 Å². The summed E-state index contributed by atoms with van der Waals surface area (Å²) >= 11 is 3.70. The predicted octanol–water partition coefficient (Wildman–Crippen LogP) is 2.16. The first-order valence-corrected chi connectivity index (χ1v) is 8.16. The molecule has 106 valence electrons. The highest BCUT2D eigenvalue weighted by atomic mass is 79.9. The van der Waals surface area contributed by atoms with Crippen molar-refractivity contribution < 1.29 is 0 Å². The van der Waals surface area contributed by atoms with Gasteiger partial charge in [0, 0.05) is 38.8 Å². The van der Waals surface area contributed by atoms with E-state index in [1.54, 1.807) is 0 Å². The molecule has 5 heteroatoms. The van der Waals surface area contributed by atoms with Crippen molar-refractivity contribution in [1.29, 1.82) is 0 Å². The highest BCUT2D eigenvalue weighted by Gasteiger charge is 2.34. The average molecular weight is 327 g/mol. The van der Waals surface area contributed by atoms with Crippen molar-refractivity contribution >= 4 is 15.9 Å². The lowest BCUT2D eigenvalue weighted by atomic mass is 10.1. The lowest BCUT2D eigenvalue weighted by Crippen LogP contribution is -2.51. The Morgan fingerprint density at radius 1 is 1.42 bits per heavy atom. The fourth-order valence-electron chi connectivity index (χ4n) is 3.03. The van der Waals surface area contributed by atoms with Gasteiger partial charge in [-0.3, -0.25) is 9.58 Å². The van der Waals surface area contributed by atoms with Crippen LogP contribution in [0.5, 0.6) is 0 Å². The molecule has 3 rings (SSSR count). The molecule has 0 radical (unpaired) electrons. The molecule has 0 amide bonds. The molecule has 1 atom stereocenters. The van der Waals surface area contributed by atoms with Gasteiger partial charge in [-0.1, -0.05) is 0 Å². The molecule has 1 N–H and O–H groups in total. The van der Waals surface area contributed by atoms with Crippen LogP contribution in [0.2, 0.25) is 0 Å². The van der Waals surface area contributed by atoms with Gasteiger partial charge in [-0.15, -0.1) is 0 Å². The predicted molar refractivity (Wildman–Crippen MR) is 80.1 cm³/mol. The smallest absolute Gasteiger partial charge is 0.0739 e. The van der Waals surface area contributed by atoms with E-state index < -0.39 is 0 Å². The molecule has 19 heavy (non-hydrogen) atoms. The van der Waals surface area contributed by atoms with E-state index in [1.807, 2.05) is 0 Å². The van der Waals surface area contributed by atoms with Crippen LogP contribution in [0, 0.1) is 12.8 Å². The summed E-state index contributed by atoms with van der Waals surface area (Å²) in [6.45, 7) is 9.64. The van der Waals surface area contributed by atoms with Gasteiger partial charge >= 0.3 is 0 Å². The van der Waals surface area contributed by atoms with Gasteiger partial charge < -0.3 is 5.32 Å². The zero-order valence-electron chi connectivity index (χ0n) is 11.8. The Balaban J connectivity index is 1.70. The van der Waals surface area contributed by atoms with E-state index in [-0.39, 0.29) is 0 Å².